The number of hydrogen-bond donors (Lipinski definition) is 0. The van der Waals surface area contributed by atoms with Gasteiger partial charge in [0, 0.05) is 38.8 Å². The molecule has 4 rings (SSSR count). The highest BCUT2D eigenvalue weighted by Gasteiger charge is 2.30. The highest BCUT2D eigenvalue weighted by Crippen LogP contribution is 2.31. The minimum atomic E-state index is -3.68. The third-order valence-electron chi connectivity index (χ3n) is 6.75. The summed E-state index contributed by atoms with van der Waals surface area (Å²) < 4.78 is 50.5. The van der Waals surface area contributed by atoms with Crippen LogP contribution in [0.2, 0.25) is 0 Å². The molecule has 0 saturated carbocycles. The van der Waals surface area contributed by atoms with E-state index in [0.29, 0.717) is 56.4 Å². The molecule has 1 aliphatic heterocycles. The number of rotatable bonds is 11. The van der Waals surface area contributed by atoms with Crippen LogP contribution in [-0.2, 0) is 21.4 Å². The van der Waals surface area contributed by atoms with Crippen LogP contribution in [0.4, 0.5) is 0 Å². The zero-order valence-electron chi connectivity index (χ0n) is 22.4. The van der Waals surface area contributed by atoms with Crippen molar-refractivity contribution in [2.45, 2.75) is 17.6 Å². The molecule has 0 aliphatic carbocycles. The molecular formula is C29H33N3O6S. The standard InChI is InChI=1S/C29H33N3O6S/c1-35-25-6-4-5-24(17-25)29(38-21-23-9-7-22(19-30)8-10-23)20-31-13-15-32(16-14-31)39(33,34)26-11-12-27(36-2)28(18-26)37-3/h4-12,17-18,29H,13-16,20-21H2,1-3H3/t29-/m1/s1. The molecule has 1 heterocycles. The number of nitriles is 1. The summed E-state index contributed by atoms with van der Waals surface area (Å²) in [5, 5.41) is 9.06. The third kappa shape index (κ3) is 6.88. The molecule has 0 aromatic heterocycles. The smallest absolute Gasteiger partial charge is 0.243 e. The summed E-state index contributed by atoms with van der Waals surface area (Å²) in [7, 11) is 0.938. The Balaban J connectivity index is 1.44. The summed E-state index contributed by atoms with van der Waals surface area (Å²) in [5.74, 6) is 1.59. The lowest BCUT2D eigenvalue weighted by Gasteiger charge is -2.36. The van der Waals surface area contributed by atoms with E-state index in [9.17, 15) is 8.42 Å². The third-order valence-corrected chi connectivity index (χ3v) is 8.64. The normalized spacial score (nSPS) is 15.3. The molecule has 0 spiro atoms. The minimum Gasteiger partial charge on any atom is -0.497 e. The van der Waals surface area contributed by atoms with Gasteiger partial charge in [-0.05, 0) is 47.5 Å². The summed E-state index contributed by atoms with van der Waals surface area (Å²) >= 11 is 0. The molecule has 0 N–H and O–H groups in total. The summed E-state index contributed by atoms with van der Waals surface area (Å²) in [6.07, 6.45) is -0.259. The van der Waals surface area contributed by atoms with Crippen LogP contribution in [0.25, 0.3) is 0 Å². The van der Waals surface area contributed by atoms with Crippen LogP contribution in [0.5, 0.6) is 17.2 Å². The molecule has 1 saturated heterocycles. The first-order chi connectivity index (χ1) is 18.9. The van der Waals surface area contributed by atoms with E-state index < -0.39 is 10.0 Å². The Kier molecular flexibility index (Phi) is 9.43. The van der Waals surface area contributed by atoms with E-state index in [0.717, 1.165) is 16.9 Å². The van der Waals surface area contributed by atoms with E-state index in [1.54, 1.807) is 31.4 Å². The highest BCUT2D eigenvalue weighted by atomic mass is 32.2. The van der Waals surface area contributed by atoms with Crippen LogP contribution in [0.3, 0.4) is 0 Å². The van der Waals surface area contributed by atoms with Crippen molar-refractivity contribution in [3.63, 3.8) is 0 Å². The zero-order valence-corrected chi connectivity index (χ0v) is 23.2. The Hall–Kier alpha value is -3.62. The number of nitrogens with zero attached hydrogens (tertiary/aromatic N) is 3. The first-order valence-electron chi connectivity index (χ1n) is 12.6. The number of sulfonamides is 1. The van der Waals surface area contributed by atoms with Crippen molar-refractivity contribution in [3.8, 4) is 23.3 Å². The van der Waals surface area contributed by atoms with E-state index in [-0.39, 0.29) is 11.0 Å². The number of benzene rings is 3. The first kappa shape index (κ1) is 28.4. The van der Waals surface area contributed by atoms with Crippen molar-refractivity contribution >= 4 is 10.0 Å². The average molecular weight is 552 g/mol. The highest BCUT2D eigenvalue weighted by molar-refractivity contribution is 7.89. The second-order valence-electron chi connectivity index (χ2n) is 9.11. The molecule has 9 nitrogen and oxygen atoms in total. The van der Waals surface area contributed by atoms with Gasteiger partial charge in [-0.2, -0.15) is 9.57 Å². The largest absolute Gasteiger partial charge is 0.497 e. The predicted octanol–water partition coefficient (Wildman–Crippen LogP) is 3.85. The molecule has 1 atom stereocenters. The fourth-order valence-electron chi connectivity index (χ4n) is 4.48. The fraction of sp³-hybridized carbons (Fsp3) is 0.345. The van der Waals surface area contributed by atoms with E-state index in [4.69, 9.17) is 24.2 Å². The zero-order chi connectivity index (χ0) is 27.8. The molecule has 206 valence electrons. The van der Waals surface area contributed by atoms with Crippen LogP contribution in [-0.4, -0.2) is 71.7 Å². The number of methoxy groups -OCH3 is 3. The summed E-state index contributed by atoms with van der Waals surface area (Å²) in [6, 6.07) is 21.9. The van der Waals surface area contributed by atoms with Crippen molar-refractivity contribution in [1.82, 2.24) is 9.21 Å². The van der Waals surface area contributed by atoms with Crippen LogP contribution < -0.4 is 14.2 Å². The van der Waals surface area contributed by atoms with Crippen LogP contribution >= 0.6 is 0 Å². The molecule has 0 amide bonds. The first-order valence-corrected chi connectivity index (χ1v) is 14.0. The molecule has 0 bridgehead atoms. The van der Waals surface area contributed by atoms with Crippen molar-refractivity contribution in [1.29, 1.82) is 5.26 Å². The topological polar surface area (TPSA) is 101 Å². The van der Waals surface area contributed by atoms with Gasteiger partial charge in [0.2, 0.25) is 10.0 Å². The summed E-state index contributed by atoms with van der Waals surface area (Å²) in [5.41, 5.74) is 2.54. The van der Waals surface area contributed by atoms with Gasteiger partial charge >= 0.3 is 0 Å². The Morgan fingerprint density at radius 3 is 2.23 bits per heavy atom. The van der Waals surface area contributed by atoms with Gasteiger partial charge in [-0.1, -0.05) is 24.3 Å². The van der Waals surface area contributed by atoms with Gasteiger partial charge in [-0.3, -0.25) is 4.90 Å². The van der Waals surface area contributed by atoms with E-state index in [2.05, 4.69) is 11.0 Å². The summed E-state index contributed by atoms with van der Waals surface area (Å²) in [4.78, 5) is 2.39. The Morgan fingerprint density at radius 1 is 0.872 bits per heavy atom. The SMILES string of the molecule is COc1cccc([C@@H](CN2CCN(S(=O)(=O)c3ccc(OC)c(OC)c3)CC2)OCc2ccc(C#N)cc2)c1. The van der Waals surface area contributed by atoms with Gasteiger partial charge in [0.1, 0.15) is 5.75 Å². The van der Waals surface area contributed by atoms with Crippen molar-refractivity contribution in [3.05, 3.63) is 83.4 Å². The van der Waals surface area contributed by atoms with Crippen LogP contribution in [0.15, 0.2) is 71.6 Å². The van der Waals surface area contributed by atoms with Gasteiger partial charge in [0.05, 0.1) is 50.6 Å². The maximum Gasteiger partial charge on any atom is 0.243 e. The van der Waals surface area contributed by atoms with Crippen molar-refractivity contribution in [2.75, 3.05) is 54.1 Å². The monoisotopic (exact) mass is 551 g/mol. The van der Waals surface area contributed by atoms with Gasteiger partial charge in [-0.25, -0.2) is 8.42 Å². The fourth-order valence-corrected chi connectivity index (χ4v) is 5.92. The lowest BCUT2D eigenvalue weighted by molar-refractivity contribution is 0.00763. The maximum absolute atomic E-state index is 13.3. The summed E-state index contributed by atoms with van der Waals surface area (Å²) in [6.45, 7) is 2.81. The van der Waals surface area contributed by atoms with Gasteiger partial charge < -0.3 is 18.9 Å². The predicted molar refractivity (Wildman–Crippen MR) is 146 cm³/mol. The van der Waals surface area contributed by atoms with Crippen LogP contribution in [0, 0.1) is 11.3 Å². The maximum atomic E-state index is 13.3. The number of piperazine rings is 1. The van der Waals surface area contributed by atoms with Crippen LogP contribution in [0.1, 0.15) is 22.8 Å². The Bertz CT molecular complexity index is 1400. The van der Waals surface area contributed by atoms with E-state index >= 15 is 0 Å². The van der Waals surface area contributed by atoms with Gasteiger partial charge in [-0.15, -0.1) is 0 Å². The molecule has 1 fully saturated rings. The molecule has 39 heavy (non-hydrogen) atoms. The van der Waals surface area contributed by atoms with Gasteiger partial charge in [0.15, 0.2) is 11.5 Å². The van der Waals surface area contributed by atoms with Crippen molar-refractivity contribution < 1.29 is 27.4 Å². The molecule has 10 heteroatoms. The lowest BCUT2D eigenvalue weighted by Crippen LogP contribution is -2.49. The van der Waals surface area contributed by atoms with E-state index in [1.165, 1.54) is 24.6 Å². The van der Waals surface area contributed by atoms with E-state index in [1.807, 2.05) is 36.4 Å². The molecule has 1 aliphatic rings. The second kappa shape index (κ2) is 13.0. The molecule has 3 aromatic carbocycles. The quantitative estimate of drug-likeness (QED) is 0.354. The second-order valence-corrected chi connectivity index (χ2v) is 11.0. The Morgan fingerprint density at radius 2 is 1.59 bits per heavy atom. The molecule has 0 radical (unpaired) electrons. The minimum absolute atomic E-state index is 0.175. The Labute approximate surface area is 230 Å². The average Bonchev–Trinajstić information content (AvgIpc) is 2.99. The number of hydrogen-bond acceptors (Lipinski definition) is 8. The van der Waals surface area contributed by atoms with Crippen molar-refractivity contribution in [2.24, 2.45) is 0 Å². The van der Waals surface area contributed by atoms with Gasteiger partial charge in [0.25, 0.3) is 0 Å². The molecule has 0 unspecified atom stereocenters. The molecular weight excluding hydrogens is 518 g/mol. The number of ether oxygens (including phenoxy) is 4. The molecule has 3 aromatic rings. The lowest BCUT2D eigenvalue weighted by atomic mass is 10.1.